The number of cyclic esters (lactones) is 1. The van der Waals surface area contributed by atoms with Crippen molar-refractivity contribution in [3.63, 3.8) is 0 Å². The van der Waals surface area contributed by atoms with Crippen molar-refractivity contribution in [3.05, 3.63) is 95.3 Å². The van der Waals surface area contributed by atoms with Crippen LogP contribution in [0, 0.1) is 18.8 Å². The fourth-order valence-corrected chi connectivity index (χ4v) is 2.72. The number of hydrogen-bond acceptors (Lipinski definition) is 4. The molecule has 0 unspecified atom stereocenters. The standard InChI is InChI=1S/C17H14N2O2.C7H8O/c1-12-9-14(7-8-18-12)6-5-13-3-2-4-15(10-13)16-11-21-17(20)19-16;1-8-7-5-3-2-4-6-7/h2-4,7-10,16H,11H2,1H3,(H,19,20);2-6H,1H3/t16-;/m0./s1. The zero-order chi connectivity index (χ0) is 20.5. The third-order valence-corrected chi connectivity index (χ3v) is 4.19. The summed E-state index contributed by atoms with van der Waals surface area (Å²) in [6.07, 6.45) is 1.38. The van der Waals surface area contributed by atoms with Gasteiger partial charge in [-0.2, -0.15) is 0 Å². The number of benzene rings is 2. The minimum Gasteiger partial charge on any atom is -0.497 e. The molecule has 1 aromatic heterocycles. The molecule has 1 saturated heterocycles. The lowest BCUT2D eigenvalue weighted by molar-refractivity contribution is 0.177. The molecule has 1 atom stereocenters. The lowest BCUT2D eigenvalue weighted by Crippen LogP contribution is -2.18. The van der Waals surface area contributed by atoms with E-state index in [1.165, 1.54) is 0 Å². The molecule has 29 heavy (non-hydrogen) atoms. The van der Waals surface area contributed by atoms with Crippen LogP contribution in [-0.2, 0) is 4.74 Å². The predicted molar refractivity (Wildman–Crippen MR) is 112 cm³/mol. The first-order valence-electron chi connectivity index (χ1n) is 9.21. The number of methoxy groups -OCH3 is 1. The first kappa shape index (κ1) is 20.0. The van der Waals surface area contributed by atoms with Gasteiger partial charge in [0.2, 0.25) is 0 Å². The van der Waals surface area contributed by atoms with Crippen molar-refractivity contribution in [3.8, 4) is 17.6 Å². The van der Waals surface area contributed by atoms with E-state index < -0.39 is 0 Å². The highest BCUT2D eigenvalue weighted by molar-refractivity contribution is 5.70. The SMILES string of the molecule is COc1ccccc1.Cc1cc(C#Cc2cccc([C@@H]3COC(=O)N3)c2)ccn1. The number of hydrogen-bond donors (Lipinski definition) is 1. The van der Waals surface area contributed by atoms with Crippen LogP contribution in [0.4, 0.5) is 4.79 Å². The molecule has 2 heterocycles. The quantitative estimate of drug-likeness (QED) is 0.669. The molecule has 1 aliphatic rings. The number of alkyl carbamates (subject to hydrolysis) is 1. The molecule has 1 aliphatic heterocycles. The van der Waals surface area contributed by atoms with Gasteiger partial charge in [0.1, 0.15) is 12.4 Å². The van der Waals surface area contributed by atoms with Crippen molar-refractivity contribution in [2.75, 3.05) is 13.7 Å². The van der Waals surface area contributed by atoms with Gasteiger partial charge in [-0.1, -0.05) is 42.2 Å². The number of ether oxygens (including phenoxy) is 2. The first-order chi connectivity index (χ1) is 14.1. The zero-order valence-corrected chi connectivity index (χ0v) is 16.4. The highest BCUT2D eigenvalue weighted by Crippen LogP contribution is 2.18. The molecule has 1 N–H and O–H groups in total. The molecule has 0 aliphatic carbocycles. The molecule has 2 aromatic carbocycles. The maximum atomic E-state index is 11.1. The fourth-order valence-electron chi connectivity index (χ4n) is 2.72. The van der Waals surface area contributed by atoms with Crippen LogP contribution in [-0.4, -0.2) is 24.8 Å². The van der Waals surface area contributed by atoms with Crippen molar-refractivity contribution in [2.45, 2.75) is 13.0 Å². The molecular formula is C24H22N2O3. The van der Waals surface area contributed by atoms with E-state index in [1.807, 2.05) is 73.7 Å². The molecule has 0 saturated carbocycles. The average molecular weight is 386 g/mol. The number of aromatic nitrogens is 1. The van der Waals surface area contributed by atoms with E-state index in [0.717, 1.165) is 28.1 Å². The molecule has 3 aromatic rings. The Kier molecular flexibility index (Phi) is 6.85. The van der Waals surface area contributed by atoms with E-state index in [0.29, 0.717) is 6.61 Å². The van der Waals surface area contributed by atoms with Gasteiger partial charge in [0.05, 0.1) is 13.2 Å². The maximum Gasteiger partial charge on any atom is 0.407 e. The van der Waals surface area contributed by atoms with Gasteiger partial charge in [0, 0.05) is 23.0 Å². The molecular weight excluding hydrogens is 364 g/mol. The van der Waals surface area contributed by atoms with Crippen molar-refractivity contribution < 1.29 is 14.3 Å². The summed E-state index contributed by atoms with van der Waals surface area (Å²) in [6, 6.07) is 21.2. The van der Waals surface area contributed by atoms with Crippen LogP contribution in [0.1, 0.15) is 28.4 Å². The summed E-state index contributed by atoms with van der Waals surface area (Å²) in [6.45, 7) is 2.30. The number of carbonyl (C=O) groups is 1. The Morgan fingerprint density at radius 2 is 1.79 bits per heavy atom. The molecule has 1 fully saturated rings. The van der Waals surface area contributed by atoms with Crippen molar-refractivity contribution in [1.82, 2.24) is 10.3 Å². The van der Waals surface area contributed by atoms with E-state index in [1.54, 1.807) is 13.3 Å². The fraction of sp³-hybridized carbons (Fsp3) is 0.167. The molecule has 0 bridgehead atoms. The summed E-state index contributed by atoms with van der Waals surface area (Å²) < 4.78 is 9.82. The largest absolute Gasteiger partial charge is 0.497 e. The second-order valence-electron chi connectivity index (χ2n) is 6.37. The van der Waals surface area contributed by atoms with Crippen LogP contribution in [0.3, 0.4) is 0 Å². The topological polar surface area (TPSA) is 60.5 Å². The monoisotopic (exact) mass is 386 g/mol. The number of nitrogens with one attached hydrogen (secondary N) is 1. The normalized spacial score (nSPS) is 14.4. The first-order valence-corrected chi connectivity index (χ1v) is 9.21. The lowest BCUT2D eigenvalue weighted by atomic mass is 10.0. The summed E-state index contributed by atoms with van der Waals surface area (Å²) in [5, 5.41) is 2.76. The van der Waals surface area contributed by atoms with Gasteiger partial charge in [-0.3, -0.25) is 4.98 Å². The summed E-state index contributed by atoms with van der Waals surface area (Å²) in [5.41, 5.74) is 3.79. The minimum atomic E-state index is -0.372. The smallest absolute Gasteiger partial charge is 0.407 e. The number of amides is 1. The maximum absolute atomic E-state index is 11.1. The van der Waals surface area contributed by atoms with Crippen LogP contribution >= 0.6 is 0 Å². The third kappa shape index (κ3) is 6.12. The van der Waals surface area contributed by atoms with E-state index >= 15 is 0 Å². The highest BCUT2D eigenvalue weighted by atomic mass is 16.6. The van der Waals surface area contributed by atoms with Gasteiger partial charge in [-0.15, -0.1) is 0 Å². The molecule has 1 amide bonds. The van der Waals surface area contributed by atoms with Gasteiger partial charge in [-0.05, 0) is 48.9 Å². The second kappa shape index (κ2) is 9.95. The Morgan fingerprint density at radius 1 is 1.03 bits per heavy atom. The zero-order valence-electron chi connectivity index (χ0n) is 16.4. The van der Waals surface area contributed by atoms with Crippen LogP contribution in [0.5, 0.6) is 5.75 Å². The third-order valence-electron chi connectivity index (χ3n) is 4.19. The summed E-state index contributed by atoms with van der Waals surface area (Å²) >= 11 is 0. The van der Waals surface area contributed by atoms with Gasteiger partial charge >= 0.3 is 6.09 Å². The Morgan fingerprint density at radius 3 is 2.41 bits per heavy atom. The van der Waals surface area contributed by atoms with Crippen molar-refractivity contribution >= 4 is 6.09 Å². The van der Waals surface area contributed by atoms with E-state index in [-0.39, 0.29) is 12.1 Å². The number of pyridine rings is 1. The number of rotatable bonds is 2. The lowest BCUT2D eigenvalue weighted by Gasteiger charge is -2.07. The number of carbonyl (C=O) groups excluding carboxylic acids is 1. The molecule has 0 radical (unpaired) electrons. The summed E-state index contributed by atoms with van der Waals surface area (Å²) in [7, 11) is 1.66. The molecule has 5 heteroatoms. The van der Waals surface area contributed by atoms with Gasteiger partial charge in [0.15, 0.2) is 0 Å². The van der Waals surface area contributed by atoms with E-state index in [4.69, 9.17) is 9.47 Å². The molecule has 4 rings (SSSR count). The molecule has 5 nitrogen and oxygen atoms in total. The summed E-state index contributed by atoms with van der Waals surface area (Å²) in [4.78, 5) is 15.2. The molecule has 146 valence electrons. The number of aryl methyl sites for hydroxylation is 1. The van der Waals surface area contributed by atoms with Crippen LogP contribution in [0.25, 0.3) is 0 Å². The Hall–Kier alpha value is -3.78. The van der Waals surface area contributed by atoms with Crippen LogP contribution in [0.15, 0.2) is 72.9 Å². The molecule has 0 spiro atoms. The summed E-state index contributed by atoms with van der Waals surface area (Å²) in [5.74, 6) is 7.16. The number of para-hydroxylation sites is 1. The second-order valence-corrected chi connectivity index (χ2v) is 6.37. The Balaban J connectivity index is 0.000000252. The Labute approximate surface area is 170 Å². The average Bonchev–Trinajstić information content (AvgIpc) is 3.20. The van der Waals surface area contributed by atoms with E-state index in [2.05, 4.69) is 22.1 Å². The van der Waals surface area contributed by atoms with E-state index in [9.17, 15) is 4.79 Å². The minimum absolute atomic E-state index is 0.0950. The van der Waals surface area contributed by atoms with Crippen LogP contribution in [0.2, 0.25) is 0 Å². The predicted octanol–water partition coefficient (Wildman–Crippen LogP) is 4.27. The number of nitrogens with zero attached hydrogens (tertiary/aromatic N) is 1. The van der Waals surface area contributed by atoms with Crippen molar-refractivity contribution in [1.29, 1.82) is 0 Å². The van der Waals surface area contributed by atoms with Crippen LogP contribution < -0.4 is 10.1 Å². The van der Waals surface area contributed by atoms with Gasteiger partial charge in [0.25, 0.3) is 0 Å². The Bertz CT molecular complexity index is 1020. The van der Waals surface area contributed by atoms with Gasteiger partial charge in [-0.25, -0.2) is 4.79 Å². The van der Waals surface area contributed by atoms with Gasteiger partial charge < -0.3 is 14.8 Å². The highest BCUT2D eigenvalue weighted by Gasteiger charge is 2.23. The van der Waals surface area contributed by atoms with Crippen molar-refractivity contribution in [2.24, 2.45) is 0 Å².